The van der Waals surface area contributed by atoms with Crippen molar-refractivity contribution >= 4 is 10.0 Å². The summed E-state index contributed by atoms with van der Waals surface area (Å²) < 4.78 is 32.0. The largest absolute Gasteiger partial charge is 0.376 e. The Balaban J connectivity index is 2.32. The molecule has 0 spiro atoms. The Morgan fingerprint density at radius 1 is 1.42 bits per heavy atom. The summed E-state index contributed by atoms with van der Waals surface area (Å²) in [6.07, 6.45) is 3.26. The number of nitrogens with zero attached hydrogens (tertiary/aromatic N) is 2. The van der Waals surface area contributed by atoms with Gasteiger partial charge in [0.25, 0.3) is 5.56 Å². The SMILES string of the molecule is CN(C)S(=O)(=O)c1ccc(=O)n(C[C@@H]2CCCO2)c1. The van der Waals surface area contributed by atoms with E-state index < -0.39 is 10.0 Å². The van der Waals surface area contributed by atoms with Crippen LogP contribution in [0.4, 0.5) is 0 Å². The molecule has 2 heterocycles. The van der Waals surface area contributed by atoms with E-state index >= 15 is 0 Å². The van der Waals surface area contributed by atoms with E-state index in [-0.39, 0.29) is 16.6 Å². The average Bonchev–Trinajstić information content (AvgIpc) is 2.84. The second kappa shape index (κ2) is 5.44. The molecule has 0 N–H and O–H groups in total. The van der Waals surface area contributed by atoms with Crippen LogP contribution in [-0.2, 0) is 21.3 Å². The zero-order chi connectivity index (χ0) is 14.0. The lowest BCUT2D eigenvalue weighted by Crippen LogP contribution is -2.28. The molecule has 19 heavy (non-hydrogen) atoms. The van der Waals surface area contributed by atoms with Gasteiger partial charge < -0.3 is 9.30 Å². The van der Waals surface area contributed by atoms with Gasteiger partial charge in [-0.1, -0.05) is 0 Å². The van der Waals surface area contributed by atoms with E-state index in [1.165, 1.54) is 37.0 Å². The van der Waals surface area contributed by atoms with Gasteiger partial charge in [0.2, 0.25) is 10.0 Å². The first-order valence-electron chi connectivity index (χ1n) is 6.16. The Morgan fingerprint density at radius 2 is 2.16 bits per heavy atom. The number of hydrogen-bond donors (Lipinski definition) is 0. The monoisotopic (exact) mass is 286 g/mol. The number of aromatic nitrogens is 1. The first-order chi connectivity index (χ1) is 8.91. The molecule has 0 bridgehead atoms. The Morgan fingerprint density at radius 3 is 2.74 bits per heavy atom. The summed E-state index contributed by atoms with van der Waals surface area (Å²) >= 11 is 0. The van der Waals surface area contributed by atoms with E-state index in [9.17, 15) is 13.2 Å². The van der Waals surface area contributed by atoms with Crippen LogP contribution in [0, 0.1) is 0 Å². The van der Waals surface area contributed by atoms with Gasteiger partial charge in [-0.25, -0.2) is 12.7 Å². The van der Waals surface area contributed by atoms with E-state index in [0.29, 0.717) is 13.2 Å². The molecule has 1 fully saturated rings. The molecule has 0 radical (unpaired) electrons. The quantitative estimate of drug-likeness (QED) is 0.797. The summed E-state index contributed by atoms with van der Waals surface area (Å²) in [5, 5.41) is 0. The van der Waals surface area contributed by atoms with Gasteiger partial charge in [-0.2, -0.15) is 0 Å². The van der Waals surface area contributed by atoms with Crippen LogP contribution in [0.15, 0.2) is 28.0 Å². The minimum atomic E-state index is -3.52. The first kappa shape index (κ1) is 14.2. The van der Waals surface area contributed by atoms with Gasteiger partial charge in [-0.15, -0.1) is 0 Å². The molecule has 1 saturated heterocycles. The molecule has 1 aliphatic heterocycles. The van der Waals surface area contributed by atoms with Crippen LogP contribution in [0.25, 0.3) is 0 Å². The second-order valence-electron chi connectivity index (χ2n) is 4.78. The van der Waals surface area contributed by atoms with Crippen molar-refractivity contribution < 1.29 is 13.2 Å². The van der Waals surface area contributed by atoms with Crippen LogP contribution in [0.5, 0.6) is 0 Å². The molecule has 1 aromatic rings. The predicted octanol–water partition coefficient (Wildman–Crippen LogP) is 0.278. The lowest BCUT2D eigenvalue weighted by molar-refractivity contribution is 0.0960. The summed E-state index contributed by atoms with van der Waals surface area (Å²) in [4.78, 5) is 11.9. The Labute approximate surface area is 112 Å². The number of rotatable bonds is 4. The molecule has 0 aromatic carbocycles. The molecule has 1 atom stereocenters. The summed E-state index contributed by atoms with van der Waals surface area (Å²) in [6, 6.07) is 2.62. The fourth-order valence-electron chi connectivity index (χ4n) is 2.02. The minimum absolute atomic E-state index is 0.00462. The van der Waals surface area contributed by atoms with Gasteiger partial charge in [-0.3, -0.25) is 4.79 Å². The molecular weight excluding hydrogens is 268 g/mol. The Kier molecular flexibility index (Phi) is 4.07. The Bertz CT molecular complexity index is 600. The van der Waals surface area contributed by atoms with Crippen molar-refractivity contribution in [2.24, 2.45) is 0 Å². The first-order valence-corrected chi connectivity index (χ1v) is 7.60. The average molecular weight is 286 g/mol. The zero-order valence-electron chi connectivity index (χ0n) is 11.1. The van der Waals surface area contributed by atoms with Crippen molar-refractivity contribution in [3.8, 4) is 0 Å². The van der Waals surface area contributed by atoms with E-state index in [4.69, 9.17) is 4.74 Å². The summed E-state index contributed by atoms with van der Waals surface area (Å²) in [5.41, 5.74) is -0.215. The zero-order valence-corrected chi connectivity index (χ0v) is 11.9. The highest BCUT2D eigenvalue weighted by atomic mass is 32.2. The maximum atomic E-state index is 12.0. The molecule has 106 valence electrons. The molecule has 6 nitrogen and oxygen atoms in total. The van der Waals surface area contributed by atoms with E-state index in [2.05, 4.69) is 0 Å². The maximum absolute atomic E-state index is 12.0. The number of hydrogen-bond acceptors (Lipinski definition) is 4. The van der Waals surface area contributed by atoms with Gasteiger partial charge >= 0.3 is 0 Å². The molecule has 1 aliphatic rings. The van der Waals surface area contributed by atoms with Crippen LogP contribution >= 0.6 is 0 Å². The third kappa shape index (κ3) is 3.05. The summed E-state index contributed by atoms with van der Waals surface area (Å²) in [5.74, 6) is 0. The molecule has 0 amide bonds. The summed E-state index contributed by atoms with van der Waals surface area (Å²) in [7, 11) is -0.591. The van der Waals surface area contributed by atoms with E-state index in [0.717, 1.165) is 17.1 Å². The fraction of sp³-hybridized carbons (Fsp3) is 0.583. The van der Waals surface area contributed by atoms with Crippen molar-refractivity contribution in [1.29, 1.82) is 0 Å². The highest BCUT2D eigenvalue weighted by Gasteiger charge is 2.20. The highest BCUT2D eigenvalue weighted by molar-refractivity contribution is 7.89. The van der Waals surface area contributed by atoms with Crippen LogP contribution in [0.2, 0.25) is 0 Å². The number of ether oxygens (including phenoxy) is 1. The van der Waals surface area contributed by atoms with Gasteiger partial charge in [0.15, 0.2) is 0 Å². The summed E-state index contributed by atoms with van der Waals surface area (Å²) in [6.45, 7) is 1.10. The lowest BCUT2D eigenvalue weighted by Gasteiger charge is -2.15. The lowest BCUT2D eigenvalue weighted by atomic mass is 10.2. The van der Waals surface area contributed by atoms with E-state index in [1.807, 2.05) is 0 Å². The van der Waals surface area contributed by atoms with Crippen molar-refractivity contribution in [3.05, 3.63) is 28.7 Å². The molecule has 2 rings (SSSR count). The van der Waals surface area contributed by atoms with Crippen molar-refractivity contribution in [2.75, 3.05) is 20.7 Å². The van der Waals surface area contributed by atoms with Gasteiger partial charge in [0.1, 0.15) is 0 Å². The molecule has 0 unspecified atom stereocenters. The van der Waals surface area contributed by atoms with E-state index in [1.54, 1.807) is 0 Å². The molecular formula is C12H18N2O4S. The number of sulfonamides is 1. The smallest absolute Gasteiger partial charge is 0.250 e. The standard InChI is InChI=1S/C12H18N2O4S/c1-13(2)19(16,17)11-5-6-12(15)14(9-11)8-10-4-3-7-18-10/h5-6,9-10H,3-4,7-8H2,1-2H3/t10-/m0/s1. The maximum Gasteiger partial charge on any atom is 0.250 e. The van der Waals surface area contributed by atoms with Gasteiger partial charge in [0.05, 0.1) is 17.5 Å². The Hall–Kier alpha value is -1.18. The number of pyridine rings is 1. The van der Waals surface area contributed by atoms with Crippen molar-refractivity contribution in [1.82, 2.24) is 8.87 Å². The topological polar surface area (TPSA) is 68.6 Å². The van der Waals surface area contributed by atoms with Crippen LogP contribution in [0.3, 0.4) is 0 Å². The van der Waals surface area contributed by atoms with Crippen molar-refractivity contribution in [3.63, 3.8) is 0 Å². The second-order valence-corrected chi connectivity index (χ2v) is 6.93. The molecule has 1 aromatic heterocycles. The van der Waals surface area contributed by atoms with Crippen LogP contribution in [0.1, 0.15) is 12.8 Å². The normalized spacial score (nSPS) is 20.1. The molecule has 0 aliphatic carbocycles. The van der Waals surface area contributed by atoms with Gasteiger partial charge in [0, 0.05) is 33.0 Å². The van der Waals surface area contributed by atoms with Crippen LogP contribution < -0.4 is 5.56 Å². The highest BCUT2D eigenvalue weighted by Crippen LogP contribution is 2.15. The van der Waals surface area contributed by atoms with Crippen molar-refractivity contribution in [2.45, 2.75) is 30.4 Å². The third-order valence-electron chi connectivity index (χ3n) is 3.16. The van der Waals surface area contributed by atoms with Gasteiger partial charge in [-0.05, 0) is 18.9 Å². The van der Waals surface area contributed by atoms with Crippen LogP contribution in [-0.4, -0.2) is 44.1 Å². The minimum Gasteiger partial charge on any atom is -0.376 e. The predicted molar refractivity (Wildman–Crippen MR) is 70.5 cm³/mol. The third-order valence-corrected chi connectivity index (χ3v) is 4.96. The fourth-order valence-corrected chi connectivity index (χ4v) is 2.95. The molecule has 7 heteroatoms. The molecule has 0 saturated carbocycles.